The maximum Gasteiger partial charge on any atom is 0.340 e. The molecule has 0 amide bonds. The molecule has 0 spiro atoms. The third-order valence-electron chi connectivity index (χ3n) is 1.74. The summed E-state index contributed by atoms with van der Waals surface area (Å²) in [5.41, 5.74) is 0. The molecule has 0 saturated carbocycles. The van der Waals surface area contributed by atoms with Gasteiger partial charge in [-0.1, -0.05) is 11.6 Å². The van der Waals surface area contributed by atoms with Gasteiger partial charge in [0.1, 0.15) is 10.8 Å². The molecule has 0 unspecified atom stereocenters. The van der Waals surface area contributed by atoms with Crippen LogP contribution in [0.25, 0.3) is 0 Å². The van der Waals surface area contributed by atoms with Crippen LogP contribution in [0.1, 0.15) is 0 Å². The lowest BCUT2D eigenvalue weighted by Crippen LogP contribution is -2.33. The molecule has 0 aliphatic rings. The maximum absolute atomic E-state index is 12.5. The van der Waals surface area contributed by atoms with Crippen LogP contribution in [0.3, 0.4) is 0 Å². The third-order valence-corrected chi connectivity index (χ3v) is 2.01. The molecule has 17 heavy (non-hydrogen) atoms. The molecule has 1 aromatic rings. The highest BCUT2D eigenvalue weighted by atomic mass is 35.5. The van der Waals surface area contributed by atoms with Gasteiger partial charge in [-0.05, 0) is 0 Å². The van der Waals surface area contributed by atoms with Crippen LogP contribution in [-0.4, -0.2) is 31.0 Å². The van der Waals surface area contributed by atoms with E-state index in [0.717, 1.165) is 0 Å². The summed E-state index contributed by atoms with van der Waals surface area (Å²) < 4.78 is 57.9. The van der Waals surface area contributed by atoms with Crippen LogP contribution >= 0.6 is 11.6 Å². The molecular weight excluding hydrogens is 266 g/mol. The van der Waals surface area contributed by atoms with Crippen molar-refractivity contribution in [2.24, 2.45) is 0 Å². The van der Waals surface area contributed by atoms with Crippen LogP contribution < -0.4 is 9.47 Å². The van der Waals surface area contributed by atoms with Crippen molar-refractivity contribution in [2.45, 2.75) is 12.3 Å². The number of hydrogen-bond donors (Lipinski definition) is 0. The molecule has 1 rings (SSSR count). The normalized spacial score (nSPS) is 11.7. The van der Waals surface area contributed by atoms with Crippen molar-refractivity contribution in [1.29, 1.82) is 0 Å². The first-order valence-corrected chi connectivity index (χ1v) is 4.73. The fraction of sp³-hybridized carbons (Fsp3) is 0.444. The Balaban J connectivity index is 2.70. The number of aromatic nitrogens is 1. The molecule has 0 aromatic carbocycles. The van der Waals surface area contributed by atoms with Crippen LogP contribution in [0.15, 0.2) is 12.3 Å². The minimum atomic E-state index is -4.25. The molecule has 1 heterocycles. The van der Waals surface area contributed by atoms with Gasteiger partial charge in [0.25, 0.3) is 0 Å². The summed E-state index contributed by atoms with van der Waals surface area (Å²) >= 11 is 5.62. The molecule has 0 saturated heterocycles. The van der Waals surface area contributed by atoms with Crippen molar-refractivity contribution in [2.75, 3.05) is 13.7 Å². The monoisotopic (exact) mass is 273 g/mol. The van der Waals surface area contributed by atoms with Crippen molar-refractivity contribution >= 4 is 11.6 Å². The van der Waals surface area contributed by atoms with Crippen molar-refractivity contribution in [3.63, 3.8) is 0 Å². The Hall–Kier alpha value is -1.24. The van der Waals surface area contributed by atoms with E-state index in [-0.39, 0.29) is 10.9 Å². The number of nitrogens with zero attached hydrogens (tertiary/aromatic N) is 1. The average Bonchev–Trinajstić information content (AvgIpc) is 2.27. The number of halogens is 5. The van der Waals surface area contributed by atoms with Gasteiger partial charge < -0.3 is 9.47 Å². The summed E-state index contributed by atoms with van der Waals surface area (Å²) in [4.78, 5) is 3.55. The molecule has 0 bridgehead atoms. The van der Waals surface area contributed by atoms with Gasteiger partial charge in [-0.15, -0.1) is 0 Å². The van der Waals surface area contributed by atoms with E-state index < -0.39 is 19.0 Å². The molecule has 0 radical (unpaired) electrons. The van der Waals surface area contributed by atoms with Gasteiger partial charge in [0, 0.05) is 6.07 Å². The van der Waals surface area contributed by atoms with Gasteiger partial charge in [-0.25, -0.2) is 13.8 Å². The standard InChI is InChI=1S/C9H8ClF4NO2/c1-16-5-2-6(10)7(15-3-5)17-4-9(13,14)8(11)12/h2-3,8H,4H2,1H3. The zero-order valence-electron chi connectivity index (χ0n) is 8.59. The second-order valence-corrected chi connectivity index (χ2v) is 3.42. The Morgan fingerprint density at radius 3 is 2.59 bits per heavy atom. The molecule has 0 fully saturated rings. The molecule has 1 aromatic heterocycles. The first kappa shape index (κ1) is 13.8. The van der Waals surface area contributed by atoms with Gasteiger partial charge in [-0.3, -0.25) is 0 Å². The largest absolute Gasteiger partial charge is 0.495 e. The summed E-state index contributed by atoms with van der Waals surface area (Å²) in [6, 6.07) is 1.27. The van der Waals surface area contributed by atoms with Gasteiger partial charge >= 0.3 is 12.3 Å². The summed E-state index contributed by atoms with van der Waals surface area (Å²) in [5.74, 6) is -4.30. The predicted molar refractivity (Wildman–Crippen MR) is 52.2 cm³/mol. The van der Waals surface area contributed by atoms with Crippen LogP contribution in [0.5, 0.6) is 11.6 Å². The van der Waals surface area contributed by atoms with Crippen molar-refractivity contribution < 1.29 is 27.0 Å². The van der Waals surface area contributed by atoms with Crippen molar-refractivity contribution in [1.82, 2.24) is 4.98 Å². The Morgan fingerprint density at radius 2 is 2.12 bits per heavy atom. The maximum atomic E-state index is 12.5. The first-order chi connectivity index (χ1) is 7.86. The lowest BCUT2D eigenvalue weighted by Gasteiger charge is -2.15. The molecule has 8 heteroatoms. The van der Waals surface area contributed by atoms with Gasteiger partial charge in [0.15, 0.2) is 6.61 Å². The third kappa shape index (κ3) is 3.62. The second-order valence-electron chi connectivity index (χ2n) is 3.01. The number of hydrogen-bond acceptors (Lipinski definition) is 3. The molecule has 3 nitrogen and oxygen atoms in total. The zero-order chi connectivity index (χ0) is 13.1. The predicted octanol–water partition coefficient (Wildman–Crippen LogP) is 3.02. The molecule has 96 valence electrons. The Bertz CT molecular complexity index is 389. The zero-order valence-corrected chi connectivity index (χ0v) is 9.35. The summed E-state index contributed by atoms with van der Waals surface area (Å²) in [6.45, 7) is -1.50. The highest BCUT2D eigenvalue weighted by Gasteiger charge is 2.42. The Morgan fingerprint density at radius 1 is 1.47 bits per heavy atom. The molecule has 0 atom stereocenters. The molecule has 0 N–H and O–H groups in total. The van der Waals surface area contributed by atoms with Crippen LogP contribution in [-0.2, 0) is 0 Å². The summed E-state index contributed by atoms with van der Waals surface area (Å²) in [7, 11) is 1.36. The fourth-order valence-corrected chi connectivity index (χ4v) is 1.06. The topological polar surface area (TPSA) is 31.4 Å². The SMILES string of the molecule is COc1cnc(OCC(F)(F)C(F)F)c(Cl)c1. The van der Waals surface area contributed by atoms with E-state index in [1.807, 2.05) is 0 Å². The van der Waals surface area contributed by atoms with Crippen molar-refractivity contribution in [3.05, 3.63) is 17.3 Å². The quantitative estimate of drug-likeness (QED) is 0.773. The number of ether oxygens (including phenoxy) is 2. The van der Waals surface area contributed by atoms with E-state index in [0.29, 0.717) is 5.75 Å². The molecular formula is C9H8ClF4NO2. The highest BCUT2D eigenvalue weighted by molar-refractivity contribution is 6.31. The van der Waals surface area contributed by atoms with E-state index in [2.05, 4.69) is 9.72 Å². The van der Waals surface area contributed by atoms with Gasteiger partial charge in [0.2, 0.25) is 5.88 Å². The molecule has 0 aliphatic heterocycles. The van der Waals surface area contributed by atoms with Gasteiger partial charge in [-0.2, -0.15) is 8.78 Å². The summed E-state index contributed by atoms with van der Waals surface area (Å²) in [6.07, 6.45) is -2.64. The van der Waals surface area contributed by atoms with E-state index in [1.54, 1.807) is 0 Å². The Labute approximate surface area is 99.3 Å². The van der Waals surface area contributed by atoms with E-state index >= 15 is 0 Å². The smallest absolute Gasteiger partial charge is 0.340 e. The lowest BCUT2D eigenvalue weighted by molar-refractivity contribution is -0.148. The van der Waals surface area contributed by atoms with E-state index in [4.69, 9.17) is 16.3 Å². The lowest BCUT2D eigenvalue weighted by atomic mass is 10.4. The molecule has 0 aliphatic carbocycles. The summed E-state index contributed by atoms with van der Waals surface area (Å²) in [5, 5.41) is -0.102. The number of alkyl halides is 4. The minimum absolute atomic E-state index is 0.102. The average molecular weight is 274 g/mol. The van der Waals surface area contributed by atoms with Crippen molar-refractivity contribution in [3.8, 4) is 11.6 Å². The van der Waals surface area contributed by atoms with Crippen LogP contribution in [0.4, 0.5) is 17.6 Å². The second kappa shape index (κ2) is 5.39. The van der Waals surface area contributed by atoms with E-state index in [1.165, 1.54) is 19.4 Å². The minimum Gasteiger partial charge on any atom is -0.495 e. The van der Waals surface area contributed by atoms with Crippen LogP contribution in [0, 0.1) is 0 Å². The van der Waals surface area contributed by atoms with Gasteiger partial charge in [0.05, 0.1) is 13.3 Å². The fourth-order valence-electron chi connectivity index (χ4n) is 0.853. The highest BCUT2D eigenvalue weighted by Crippen LogP contribution is 2.28. The number of methoxy groups -OCH3 is 1. The van der Waals surface area contributed by atoms with E-state index in [9.17, 15) is 17.6 Å². The number of rotatable bonds is 5. The first-order valence-electron chi connectivity index (χ1n) is 4.35. The number of pyridine rings is 1. The Kier molecular flexibility index (Phi) is 4.39. The van der Waals surface area contributed by atoms with Crippen LogP contribution in [0.2, 0.25) is 5.02 Å².